The van der Waals surface area contributed by atoms with Crippen LogP contribution in [0, 0.1) is 6.92 Å². The number of benzene rings is 2. The monoisotopic (exact) mass is 305 g/mol. The molecule has 110 valence electrons. The maximum absolute atomic E-state index is 10.3. The Morgan fingerprint density at radius 1 is 1.19 bits per heavy atom. The van der Waals surface area contributed by atoms with Gasteiger partial charge in [0.25, 0.3) is 0 Å². The minimum atomic E-state index is -0.656. The Morgan fingerprint density at radius 2 is 2.00 bits per heavy atom. The number of halogens is 1. The number of nitrogens with one attached hydrogen (secondary N) is 1. The smallest absolute Gasteiger partial charge is 0.231 e. The van der Waals surface area contributed by atoms with E-state index in [9.17, 15) is 5.11 Å². The van der Waals surface area contributed by atoms with Gasteiger partial charge < -0.3 is 19.9 Å². The zero-order valence-corrected chi connectivity index (χ0v) is 12.4. The lowest BCUT2D eigenvalue weighted by molar-refractivity contribution is 0.173. The lowest BCUT2D eigenvalue weighted by atomic mass is 10.1. The van der Waals surface area contributed by atoms with Crippen LogP contribution in [0.4, 0.5) is 5.69 Å². The molecule has 1 unspecified atom stereocenters. The highest BCUT2D eigenvalue weighted by Gasteiger charge is 2.16. The van der Waals surface area contributed by atoms with Gasteiger partial charge in [-0.3, -0.25) is 0 Å². The van der Waals surface area contributed by atoms with Crippen LogP contribution in [-0.2, 0) is 0 Å². The van der Waals surface area contributed by atoms with E-state index in [1.807, 2.05) is 31.2 Å². The van der Waals surface area contributed by atoms with Gasteiger partial charge in [0.05, 0.1) is 16.8 Å². The van der Waals surface area contributed by atoms with Crippen molar-refractivity contribution in [1.29, 1.82) is 0 Å². The van der Waals surface area contributed by atoms with Gasteiger partial charge in [-0.05, 0) is 42.3 Å². The number of ether oxygens (including phenoxy) is 2. The SMILES string of the molecule is Cc1ccc(NCC(O)c2ccc3c(c2)OCO3)c(Cl)c1. The molecule has 0 saturated carbocycles. The van der Waals surface area contributed by atoms with Crippen LogP contribution in [0.5, 0.6) is 11.5 Å². The first-order valence-corrected chi connectivity index (χ1v) is 7.09. The van der Waals surface area contributed by atoms with Gasteiger partial charge in [-0.25, -0.2) is 0 Å². The van der Waals surface area contributed by atoms with Crippen LogP contribution in [0.2, 0.25) is 5.02 Å². The van der Waals surface area contributed by atoms with Gasteiger partial charge in [0, 0.05) is 6.54 Å². The fourth-order valence-electron chi connectivity index (χ4n) is 2.21. The quantitative estimate of drug-likeness (QED) is 0.907. The van der Waals surface area contributed by atoms with Crippen LogP contribution in [0.15, 0.2) is 36.4 Å². The van der Waals surface area contributed by atoms with E-state index < -0.39 is 6.10 Å². The number of hydrogen-bond acceptors (Lipinski definition) is 4. The second kappa shape index (κ2) is 5.84. The van der Waals surface area contributed by atoms with Gasteiger partial charge in [0.15, 0.2) is 11.5 Å². The normalized spacial score (nSPS) is 14.0. The average Bonchev–Trinajstić information content (AvgIpc) is 2.93. The summed E-state index contributed by atoms with van der Waals surface area (Å²) in [5.41, 5.74) is 2.68. The van der Waals surface area contributed by atoms with Crippen molar-refractivity contribution in [3.63, 3.8) is 0 Å². The van der Waals surface area contributed by atoms with Crippen molar-refractivity contribution in [2.24, 2.45) is 0 Å². The van der Waals surface area contributed by atoms with Gasteiger partial charge >= 0.3 is 0 Å². The summed E-state index contributed by atoms with van der Waals surface area (Å²) in [7, 11) is 0. The van der Waals surface area contributed by atoms with Gasteiger partial charge in [0.2, 0.25) is 6.79 Å². The van der Waals surface area contributed by atoms with E-state index >= 15 is 0 Å². The highest BCUT2D eigenvalue weighted by Crippen LogP contribution is 2.34. The van der Waals surface area contributed by atoms with Crippen molar-refractivity contribution < 1.29 is 14.6 Å². The molecule has 2 aromatic carbocycles. The third-order valence-electron chi connectivity index (χ3n) is 3.39. The minimum Gasteiger partial charge on any atom is -0.454 e. The fraction of sp³-hybridized carbons (Fsp3) is 0.250. The first-order chi connectivity index (χ1) is 10.1. The molecule has 0 aliphatic carbocycles. The molecule has 21 heavy (non-hydrogen) atoms. The van der Waals surface area contributed by atoms with Crippen molar-refractivity contribution in [3.8, 4) is 11.5 Å². The molecule has 0 amide bonds. The number of rotatable bonds is 4. The van der Waals surface area contributed by atoms with E-state index in [-0.39, 0.29) is 6.79 Å². The molecule has 4 nitrogen and oxygen atoms in total. The summed E-state index contributed by atoms with van der Waals surface area (Å²) in [4.78, 5) is 0. The summed E-state index contributed by atoms with van der Waals surface area (Å²) in [6.07, 6.45) is -0.656. The molecule has 0 bridgehead atoms. The second-order valence-electron chi connectivity index (χ2n) is 4.99. The predicted octanol–water partition coefficient (Wildman–Crippen LogP) is 3.52. The summed E-state index contributed by atoms with van der Waals surface area (Å²) in [5.74, 6) is 1.38. The summed E-state index contributed by atoms with van der Waals surface area (Å²) < 4.78 is 10.6. The maximum Gasteiger partial charge on any atom is 0.231 e. The Morgan fingerprint density at radius 3 is 2.81 bits per heavy atom. The maximum atomic E-state index is 10.3. The van der Waals surface area contributed by atoms with E-state index in [2.05, 4.69) is 5.32 Å². The molecule has 0 spiro atoms. The van der Waals surface area contributed by atoms with Crippen LogP contribution in [0.1, 0.15) is 17.2 Å². The van der Waals surface area contributed by atoms with Crippen molar-refractivity contribution in [2.45, 2.75) is 13.0 Å². The molecule has 2 N–H and O–H groups in total. The lowest BCUT2D eigenvalue weighted by Gasteiger charge is -2.14. The molecule has 2 aromatic rings. The Labute approximate surface area is 128 Å². The van der Waals surface area contributed by atoms with E-state index in [0.717, 1.165) is 16.8 Å². The largest absolute Gasteiger partial charge is 0.454 e. The zero-order chi connectivity index (χ0) is 14.8. The molecule has 1 aliphatic rings. The number of aliphatic hydroxyl groups excluding tert-OH is 1. The molecule has 0 aromatic heterocycles. The number of aliphatic hydroxyl groups is 1. The predicted molar refractivity (Wildman–Crippen MR) is 82.2 cm³/mol. The summed E-state index contributed by atoms with van der Waals surface area (Å²) in [6, 6.07) is 11.2. The molecule has 0 fully saturated rings. The standard InChI is InChI=1S/C16H16ClNO3/c1-10-2-4-13(12(17)6-10)18-8-14(19)11-3-5-15-16(7-11)21-9-20-15/h2-7,14,18-19H,8-9H2,1H3. The first kappa shape index (κ1) is 14.0. The molecular formula is C16H16ClNO3. The summed E-state index contributed by atoms with van der Waals surface area (Å²) in [6.45, 7) is 2.58. The van der Waals surface area contributed by atoms with Crippen molar-refractivity contribution in [1.82, 2.24) is 0 Å². The molecule has 0 radical (unpaired) electrons. The van der Waals surface area contributed by atoms with Gasteiger partial charge in [-0.1, -0.05) is 23.7 Å². The number of anilines is 1. The van der Waals surface area contributed by atoms with Gasteiger partial charge in [-0.2, -0.15) is 0 Å². The number of fused-ring (bicyclic) bond motifs is 1. The Kier molecular flexibility index (Phi) is 3.90. The molecular weight excluding hydrogens is 290 g/mol. The Balaban J connectivity index is 1.67. The van der Waals surface area contributed by atoms with Crippen molar-refractivity contribution >= 4 is 17.3 Å². The van der Waals surface area contributed by atoms with Crippen molar-refractivity contribution in [2.75, 3.05) is 18.7 Å². The van der Waals surface area contributed by atoms with E-state index in [1.54, 1.807) is 12.1 Å². The fourth-order valence-corrected chi connectivity index (χ4v) is 2.51. The number of hydrogen-bond donors (Lipinski definition) is 2. The molecule has 0 saturated heterocycles. The van der Waals surface area contributed by atoms with Gasteiger partial charge in [-0.15, -0.1) is 0 Å². The van der Waals surface area contributed by atoms with E-state index in [1.165, 1.54) is 0 Å². The Hall–Kier alpha value is -1.91. The zero-order valence-electron chi connectivity index (χ0n) is 11.6. The van der Waals surface area contributed by atoms with Crippen LogP contribution < -0.4 is 14.8 Å². The lowest BCUT2D eigenvalue weighted by Crippen LogP contribution is -2.12. The number of aryl methyl sites for hydroxylation is 1. The molecule has 5 heteroatoms. The van der Waals surface area contributed by atoms with E-state index in [0.29, 0.717) is 23.1 Å². The summed E-state index contributed by atoms with van der Waals surface area (Å²) >= 11 is 6.16. The molecule has 3 rings (SSSR count). The third-order valence-corrected chi connectivity index (χ3v) is 3.70. The van der Waals surface area contributed by atoms with Crippen LogP contribution in [0.25, 0.3) is 0 Å². The van der Waals surface area contributed by atoms with Gasteiger partial charge in [0.1, 0.15) is 0 Å². The highest BCUT2D eigenvalue weighted by molar-refractivity contribution is 6.33. The van der Waals surface area contributed by atoms with E-state index in [4.69, 9.17) is 21.1 Å². The average molecular weight is 306 g/mol. The summed E-state index contributed by atoms with van der Waals surface area (Å²) in [5, 5.41) is 14.1. The molecule has 1 heterocycles. The Bertz CT molecular complexity index is 660. The van der Waals surface area contributed by atoms with Crippen LogP contribution in [-0.4, -0.2) is 18.4 Å². The first-order valence-electron chi connectivity index (χ1n) is 6.71. The van der Waals surface area contributed by atoms with Crippen LogP contribution in [0.3, 0.4) is 0 Å². The highest BCUT2D eigenvalue weighted by atomic mass is 35.5. The molecule has 1 aliphatic heterocycles. The topological polar surface area (TPSA) is 50.7 Å². The van der Waals surface area contributed by atoms with Crippen LogP contribution >= 0.6 is 11.6 Å². The van der Waals surface area contributed by atoms with Crippen molar-refractivity contribution in [3.05, 3.63) is 52.5 Å². The minimum absolute atomic E-state index is 0.228. The second-order valence-corrected chi connectivity index (χ2v) is 5.40. The third kappa shape index (κ3) is 3.06. The molecule has 1 atom stereocenters.